The van der Waals surface area contributed by atoms with Gasteiger partial charge in [-0.05, 0) is 31.7 Å². The Balaban J connectivity index is 2.51. The Kier molecular flexibility index (Phi) is 3.01. The van der Waals surface area contributed by atoms with Gasteiger partial charge >= 0.3 is 0 Å². The molecule has 0 saturated heterocycles. The summed E-state index contributed by atoms with van der Waals surface area (Å²) in [6, 6.07) is 5.02. The first-order chi connectivity index (χ1) is 7.72. The number of rotatable bonds is 3. The molecule has 1 N–H and O–H groups in total. The van der Waals surface area contributed by atoms with Crippen molar-refractivity contribution < 1.29 is 4.39 Å². The molecular weight excluding hydrogens is 205 g/mol. The fourth-order valence-corrected chi connectivity index (χ4v) is 1.66. The molecule has 0 aliphatic heterocycles. The Bertz CT molecular complexity index is 491. The molecule has 0 amide bonds. The predicted octanol–water partition coefficient (Wildman–Crippen LogP) is 2.04. The van der Waals surface area contributed by atoms with Crippen molar-refractivity contribution in [2.24, 2.45) is 0 Å². The molecule has 0 saturated carbocycles. The van der Waals surface area contributed by atoms with E-state index >= 15 is 0 Å². The summed E-state index contributed by atoms with van der Waals surface area (Å²) in [5.41, 5.74) is 2.47. The van der Waals surface area contributed by atoms with Crippen LogP contribution in [0.3, 0.4) is 0 Å². The van der Waals surface area contributed by atoms with Crippen LogP contribution in [0.15, 0.2) is 30.6 Å². The minimum atomic E-state index is -0.208. The molecule has 1 aromatic heterocycles. The number of hydrogen-bond donors (Lipinski definition) is 1. The number of benzene rings is 1. The lowest BCUT2D eigenvalue weighted by Gasteiger charge is -2.09. The highest BCUT2D eigenvalue weighted by Gasteiger charge is 2.09. The summed E-state index contributed by atoms with van der Waals surface area (Å²) in [4.78, 5) is 0. The van der Waals surface area contributed by atoms with Crippen LogP contribution in [0.5, 0.6) is 0 Å². The number of nitrogens with zero attached hydrogens (tertiary/aromatic N) is 2. The molecule has 0 fully saturated rings. The number of halogens is 1. The van der Waals surface area contributed by atoms with E-state index in [4.69, 9.17) is 0 Å². The first-order valence-corrected chi connectivity index (χ1v) is 5.16. The first kappa shape index (κ1) is 10.8. The van der Waals surface area contributed by atoms with E-state index in [1.165, 1.54) is 6.07 Å². The Hall–Kier alpha value is -1.68. The third kappa shape index (κ3) is 1.97. The molecule has 0 aliphatic carbocycles. The van der Waals surface area contributed by atoms with Crippen LogP contribution >= 0.6 is 0 Å². The Morgan fingerprint density at radius 3 is 2.88 bits per heavy atom. The van der Waals surface area contributed by atoms with Gasteiger partial charge in [-0.3, -0.25) is 0 Å². The average Bonchev–Trinajstić information content (AvgIpc) is 2.68. The number of aryl methyl sites for hydroxylation is 1. The van der Waals surface area contributed by atoms with Crippen LogP contribution < -0.4 is 5.32 Å². The second kappa shape index (κ2) is 4.45. The molecule has 0 spiro atoms. The first-order valence-electron chi connectivity index (χ1n) is 5.16. The van der Waals surface area contributed by atoms with Gasteiger partial charge in [0.2, 0.25) is 0 Å². The SMILES string of the molecule is CNCc1c(F)cccc1-n1cc(C)cn1. The van der Waals surface area contributed by atoms with Crippen molar-refractivity contribution in [3.63, 3.8) is 0 Å². The largest absolute Gasteiger partial charge is 0.316 e. The van der Waals surface area contributed by atoms with E-state index in [-0.39, 0.29) is 5.82 Å². The highest BCUT2D eigenvalue weighted by molar-refractivity contribution is 5.41. The summed E-state index contributed by atoms with van der Waals surface area (Å²) >= 11 is 0. The zero-order valence-corrected chi connectivity index (χ0v) is 9.37. The second-order valence-electron chi connectivity index (χ2n) is 3.73. The fourth-order valence-electron chi connectivity index (χ4n) is 1.66. The smallest absolute Gasteiger partial charge is 0.129 e. The summed E-state index contributed by atoms with van der Waals surface area (Å²) in [5, 5.41) is 7.15. The Morgan fingerprint density at radius 1 is 1.44 bits per heavy atom. The maximum absolute atomic E-state index is 13.6. The maximum Gasteiger partial charge on any atom is 0.129 e. The molecule has 0 atom stereocenters. The van der Waals surface area contributed by atoms with Crippen molar-refractivity contribution in [1.29, 1.82) is 0 Å². The minimum absolute atomic E-state index is 0.208. The van der Waals surface area contributed by atoms with Crippen LogP contribution in [0.4, 0.5) is 4.39 Å². The van der Waals surface area contributed by atoms with Gasteiger partial charge in [-0.15, -0.1) is 0 Å². The van der Waals surface area contributed by atoms with Gasteiger partial charge in [0.05, 0.1) is 11.9 Å². The van der Waals surface area contributed by atoms with Crippen molar-refractivity contribution in [2.45, 2.75) is 13.5 Å². The number of aromatic nitrogens is 2. The van der Waals surface area contributed by atoms with Crippen LogP contribution in [-0.2, 0) is 6.54 Å². The highest BCUT2D eigenvalue weighted by atomic mass is 19.1. The summed E-state index contributed by atoms with van der Waals surface area (Å²) < 4.78 is 15.3. The molecule has 1 aromatic carbocycles. The summed E-state index contributed by atoms with van der Waals surface area (Å²) in [6.07, 6.45) is 3.64. The van der Waals surface area contributed by atoms with Gasteiger partial charge in [0, 0.05) is 18.3 Å². The van der Waals surface area contributed by atoms with E-state index in [0.29, 0.717) is 12.1 Å². The normalized spacial score (nSPS) is 10.7. The molecule has 4 heteroatoms. The van der Waals surface area contributed by atoms with E-state index < -0.39 is 0 Å². The summed E-state index contributed by atoms with van der Waals surface area (Å²) in [7, 11) is 1.80. The van der Waals surface area contributed by atoms with Crippen LogP contribution in [0.25, 0.3) is 5.69 Å². The fraction of sp³-hybridized carbons (Fsp3) is 0.250. The predicted molar refractivity (Wildman–Crippen MR) is 61.0 cm³/mol. The van der Waals surface area contributed by atoms with E-state index in [2.05, 4.69) is 10.4 Å². The molecule has 0 radical (unpaired) electrons. The zero-order chi connectivity index (χ0) is 11.5. The lowest BCUT2D eigenvalue weighted by atomic mass is 10.1. The van der Waals surface area contributed by atoms with Crippen LogP contribution in [0.1, 0.15) is 11.1 Å². The molecule has 16 heavy (non-hydrogen) atoms. The molecule has 2 rings (SSSR count). The van der Waals surface area contributed by atoms with Crippen molar-refractivity contribution in [3.05, 3.63) is 47.5 Å². The van der Waals surface area contributed by atoms with Gasteiger partial charge in [-0.2, -0.15) is 5.10 Å². The third-order valence-electron chi connectivity index (χ3n) is 2.41. The molecule has 84 valence electrons. The molecule has 0 bridgehead atoms. The monoisotopic (exact) mass is 219 g/mol. The molecule has 3 nitrogen and oxygen atoms in total. The minimum Gasteiger partial charge on any atom is -0.316 e. The molecule has 0 unspecified atom stereocenters. The molecule has 0 aliphatic rings. The van der Waals surface area contributed by atoms with Gasteiger partial charge in [0.15, 0.2) is 0 Å². The quantitative estimate of drug-likeness (QED) is 0.856. The summed E-state index contributed by atoms with van der Waals surface area (Å²) in [5.74, 6) is -0.208. The molecular formula is C12H14FN3. The Labute approximate surface area is 93.9 Å². The highest BCUT2D eigenvalue weighted by Crippen LogP contribution is 2.17. The van der Waals surface area contributed by atoms with E-state index in [1.807, 2.05) is 19.2 Å². The second-order valence-corrected chi connectivity index (χ2v) is 3.73. The van der Waals surface area contributed by atoms with Crippen LogP contribution in [0, 0.1) is 12.7 Å². The molecule has 2 aromatic rings. The number of hydrogen-bond acceptors (Lipinski definition) is 2. The van der Waals surface area contributed by atoms with Gasteiger partial charge in [-0.1, -0.05) is 6.07 Å². The summed E-state index contributed by atoms with van der Waals surface area (Å²) in [6.45, 7) is 2.45. The van der Waals surface area contributed by atoms with Gasteiger partial charge in [0.25, 0.3) is 0 Å². The van der Waals surface area contributed by atoms with Gasteiger partial charge in [0.1, 0.15) is 5.82 Å². The lowest BCUT2D eigenvalue weighted by Crippen LogP contribution is -2.11. The average molecular weight is 219 g/mol. The third-order valence-corrected chi connectivity index (χ3v) is 2.41. The Morgan fingerprint density at radius 2 is 2.25 bits per heavy atom. The number of nitrogens with one attached hydrogen (secondary N) is 1. The van der Waals surface area contributed by atoms with Crippen LogP contribution in [-0.4, -0.2) is 16.8 Å². The van der Waals surface area contributed by atoms with Gasteiger partial charge < -0.3 is 5.32 Å². The van der Waals surface area contributed by atoms with E-state index in [1.54, 1.807) is 24.0 Å². The van der Waals surface area contributed by atoms with Crippen molar-refractivity contribution in [2.75, 3.05) is 7.05 Å². The van der Waals surface area contributed by atoms with Gasteiger partial charge in [-0.25, -0.2) is 9.07 Å². The van der Waals surface area contributed by atoms with E-state index in [9.17, 15) is 4.39 Å². The van der Waals surface area contributed by atoms with Crippen molar-refractivity contribution in [1.82, 2.24) is 15.1 Å². The van der Waals surface area contributed by atoms with E-state index in [0.717, 1.165) is 11.3 Å². The molecule has 1 heterocycles. The maximum atomic E-state index is 13.6. The standard InChI is InChI=1S/C12H14FN3/c1-9-6-15-16(8-9)12-5-3-4-11(13)10(12)7-14-2/h3-6,8,14H,7H2,1-2H3. The lowest BCUT2D eigenvalue weighted by molar-refractivity contribution is 0.596. The van der Waals surface area contributed by atoms with Crippen LogP contribution in [0.2, 0.25) is 0 Å². The van der Waals surface area contributed by atoms with Crippen molar-refractivity contribution >= 4 is 0 Å². The zero-order valence-electron chi connectivity index (χ0n) is 9.37. The van der Waals surface area contributed by atoms with Crippen molar-refractivity contribution in [3.8, 4) is 5.69 Å². The topological polar surface area (TPSA) is 29.9 Å².